The fourth-order valence-electron chi connectivity index (χ4n) is 3.52. The van der Waals surface area contributed by atoms with Crippen molar-refractivity contribution in [3.63, 3.8) is 0 Å². The van der Waals surface area contributed by atoms with Crippen molar-refractivity contribution in [2.45, 2.75) is 38.3 Å². The highest BCUT2D eigenvalue weighted by atomic mass is 16.3. The second-order valence-electron chi connectivity index (χ2n) is 7.32. The third-order valence-electron chi connectivity index (χ3n) is 5.16. The van der Waals surface area contributed by atoms with Crippen LogP contribution >= 0.6 is 0 Å². The topological polar surface area (TPSA) is 106 Å². The summed E-state index contributed by atoms with van der Waals surface area (Å²) in [6.07, 6.45) is 5.49. The molecule has 0 saturated carbocycles. The Morgan fingerprint density at radius 1 is 1.13 bits per heavy atom. The maximum atomic E-state index is 12.3. The average molecular weight is 408 g/mol. The van der Waals surface area contributed by atoms with Crippen LogP contribution in [0, 0.1) is 0 Å². The van der Waals surface area contributed by atoms with E-state index in [4.69, 9.17) is 4.42 Å². The SMILES string of the molecule is O=C(CCCn1nnc(-c2ccccc2)n1)NC1CCN(C(=O)c2ccoc2)CC1. The van der Waals surface area contributed by atoms with Gasteiger partial charge in [-0.15, -0.1) is 10.2 Å². The Morgan fingerprint density at radius 3 is 2.67 bits per heavy atom. The fourth-order valence-corrected chi connectivity index (χ4v) is 3.52. The number of carbonyl (C=O) groups is 2. The van der Waals surface area contributed by atoms with E-state index in [1.54, 1.807) is 11.0 Å². The van der Waals surface area contributed by atoms with Gasteiger partial charge in [-0.1, -0.05) is 30.3 Å². The zero-order valence-electron chi connectivity index (χ0n) is 16.6. The largest absolute Gasteiger partial charge is 0.472 e. The number of hydrogen-bond acceptors (Lipinski definition) is 6. The highest BCUT2D eigenvalue weighted by Crippen LogP contribution is 2.15. The molecule has 30 heavy (non-hydrogen) atoms. The zero-order valence-corrected chi connectivity index (χ0v) is 16.6. The molecule has 0 unspecified atom stereocenters. The number of hydrogen-bond donors (Lipinski definition) is 1. The highest BCUT2D eigenvalue weighted by molar-refractivity contribution is 5.93. The minimum absolute atomic E-state index is 0.0120. The Balaban J connectivity index is 1.16. The molecule has 0 aliphatic carbocycles. The van der Waals surface area contributed by atoms with E-state index in [0.717, 1.165) is 18.4 Å². The van der Waals surface area contributed by atoms with Crippen molar-refractivity contribution < 1.29 is 14.0 Å². The standard InChI is InChI=1S/C21H24N6O3/c28-19(7-4-11-27-24-20(23-25-27)16-5-2-1-3-6-16)22-18-8-12-26(13-9-18)21(29)17-10-14-30-15-17/h1-3,5-6,10,14-15,18H,4,7-9,11-13H2,(H,22,28). The van der Waals surface area contributed by atoms with Gasteiger partial charge in [-0.3, -0.25) is 9.59 Å². The van der Waals surface area contributed by atoms with Gasteiger partial charge in [0.25, 0.3) is 5.91 Å². The second-order valence-corrected chi connectivity index (χ2v) is 7.32. The molecule has 1 fully saturated rings. The van der Waals surface area contributed by atoms with Gasteiger partial charge in [-0.25, -0.2) is 0 Å². The Hall–Kier alpha value is -3.49. The van der Waals surface area contributed by atoms with Crippen LogP contribution in [0.25, 0.3) is 11.4 Å². The Labute approximate surface area is 174 Å². The molecule has 0 spiro atoms. The number of likely N-dealkylation sites (tertiary alicyclic amines) is 1. The van der Waals surface area contributed by atoms with Gasteiger partial charge in [0.2, 0.25) is 11.7 Å². The molecular formula is C21H24N6O3. The summed E-state index contributed by atoms with van der Waals surface area (Å²) in [7, 11) is 0. The Bertz CT molecular complexity index is 962. The molecule has 1 aliphatic heterocycles. The maximum Gasteiger partial charge on any atom is 0.257 e. The first-order valence-electron chi connectivity index (χ1n) is 10.1. The number of carbonyl (C=O) groups excluding carboxylic acids is 2. The highest BCUT2D eigenvalue weighted by Gasteiger charge is 2.25. The average Bonchev–Trinajstić information content (AvgIpc) is 3.47. The van der Waals surface area contributed by atoms with Crippen LogP contribution in [0.4, 0.5) is 0 Å². The monoisotopic (exact) mass is 408 g/mol. The number of aryl methyl sites for hydroxylation is 1. The molecule has 0 atom stereocenters. The summed E-state index contributed by atoms with van der Waals surface area (Å²) in [4.78, 5) is 27.9. The van der Waals surface area contributed by atoms with Gasteiger partial charge < -0.3 is 14.6 Å². The van der Waals surface area contributed by atoms with Gasteiger partial charge >= 0.3 is 0 Å². The molecule has 9 nitrogen and oxygen atoms in total. The first kappa shape index (κ1) is 19.8. The predicted molar refractivity (Wildman–Crippen MR) is 108 cm³/mol. The molecule has 1 N–H and O–H groups in total. The number of aromatic nitrogens is 4. The lowest BCUT2D eigenvalue weighted by atomic mass is 10.0. The van der Waals surface area contributed by atoms with E-state index in [-0.39, 0.29) is 17.9 Å². The molecule has 2 aromatic heterocycles. The fraction of sp³-hybridized carbons (Fsp3) is 0.381. The number of nitrogens with zero attached hydrogens (tertiary/aromatic N) is 5. The molecule has 1 aromatic carbocycles. The van der Waals surface area contributed by atoms with Crippen LogP contribution in [0.2, 0.25) is 0 Å². The van der Waals surface area contributed by atoms with E-state index >= 15 is 0 Å². The van der Waals surface area contributed by atoms with Gasteiger partial charge in [0, 0.05) is 31.1 Å². The van der Waals surface area contributed by atoms with Crippen molar-refractivity contribution in [3.05, 3.63) is 54.5 Å². The molecule has 3 aromatic rings. The van der Waals surface area contributed by atoms with Crippen LogP contribution in [-0.4, -0.2) is 56.1 Å². The molecule has 156 valence electrons. The van der Waals surface area contributed by atoms with Crippen LogP contribution < -0.4 is 5.32 Å². The van der Waals surface area contributed by atoms with E-state index in [9.17, 15) is 9.59 Å². The van der Waals surface area contributed by atoms with E-state index in [2.05, 4.69) is 20.7 Å². The maximum absolute atomic E-state index is 12.3. The minimum Gasteiger partial charge on any atom is -0.472 e. The number of nitrogens with one attached hydrogen (secondary N) is 1. The summed E-state index contributed by atoms with van der Waals surface area (Å²) in [6.45, 7) is 1.78. The number of tetrazole rings is 1. The van der Waals surface area contributed by atoms with Crippen LogP contribution in [0.3, 0.4) is 0 Å². The number of rotatable bonds is 7. The minimum atomic E-state index is -0.0243. The molecular weight excluding hydrogens is 384 g/mol. The summed E-state index contributed by atoms with van der Waals surface area (Å²) in [6, 6.07) is 11.4. The molecule has 1 saturated heterocycles. The summed E-state index contributed by atoms with van der Waals surface area (Å²) < 4.78 is 4.97. The van der Waals surface area contributed by atoms with Crippen molar-refractivity contribution >= 4 is 11.8 Å². The number of amides is 2. The first-order chi connectivity index (χ1) is 14.7. The van der Waals surface area contributed by atoms with Crippen molar-refractivity contribution in [2.75, 3.05) is 13.1 Å². The summed E-state index contributed by atoms with van der Waals surface area (Å²) in [5.41, 5.74) is 1.48. The van der Waals surface area contributed by atoms with Gasteiger partial charge in [-0.05, 0) is 30.5 Å². The third-order valence-corrected chi connectivity index (χ3v) is 5.16. The van der Waals surface area contributed by atoms with Crippen LogP contribution in [0.15, 0.2) is 53.3 Å². The van der Waals surface area contributed by atoms with E-state index in [1.807, 2.05) is 30.3 Å². The van der Waals surface area contributed by atoms with Crippen LogP contribution in [0.1, 0.15) is 36.0 Å². The van der Waals surface area contributed by atoms with Crippen molar-refractivity contribution in [1.29, 1.82) is 0 Å². The first-order valence-corrected chi connectivity index (χ1v) is 10.1. The number of furan rings is 1. The molecule has 2 amide bonds. The van der Waals surface area contributed by atoms with Gasteiger partial charge in [0.1, 0.15) is 6.26 Å². The second kappa shape index (κ2) is 9.34. The molecule has 1 aliphatic rings. The molecule has 3 heterocycles. The van der Waals surface area contributed by atoms with Gasteiger partial charge in [0.05, 0.1) is 18.4 Å². The zero-order chi connectivity index (χ0) is 20.8. The number of piperidine rings is 1. The van der Waals surface area contributed by atoms with Crippen molar-refractivity contribution in [1.82, 2.24) is 30.4 Å². The Kier molecular flexibility index (Phi) is 6.17. The normalized spacial score (nSPS) is 14.6. The molecule has 9 heteroatoms. The van der Waals surface area contributed by atoms with Crippen molar-refractivity contribution in [2.24, 2.45) is 0 Å². The van der Waals surface area contributed by atoms with Crippen LogP contribution in [-0.2, 0) is 11.3 Å². The quantitative estimate of drug-likeness (QED) is 0.642. The van der Waals surface area contributed by atoms with Crippen molar-refractivity contribution in [3.8, 4) is 11.4 Å². The Morgan fingerprint density at radius 2 is 1.93 bits per heavy atom. The van der Waals surface area contributed by atoms with Gasteiger partial charge in [0.15, 0.2) is 0 Å². The number of benzene rings is 1. The smallest absolute Gasteiger partial charge is 0.257 e. The van der Waals surface area contributed by atoms with E-state index < -0.39 is 0 Å². The molecule has 4 rings (SSSR count). The summed E-state index contributed by atoms with van der Waals surface area (Å²) in [5.74, 6) is 0.568. The lowest BCUT2D eigenvalue weighted by Crippen LogP contribution is -2.46. The van der Waals surface area contributed by atoms with E-state index in [1.165, 1.54) is 17.3 Å². The van der Waals surface area contributed by atoms with Crippen LogP contribution in [0.5, 0.6) is 0 Å². The van der Waals surface area contributed by atoms with Gasteiger partial charge in [-0.2, -0.15) is 4.80 Å². The lowest BCUT2D eigenvalue weighted by Gasteiger charge is -2.32. The summed E-state index contributed by atoms with van der Waals surface area (Å²) in [5, 5.41) is 15.5. The third kappa shape index (κ3) is 4.91. The van der Waals surface area contributed by atoms with E-state index in [0.29, 0.717) is 43.9 Å². The summed E-state index contributed by atoms with van der Waals surface area (Å²) >= 11 is 0. The predicted octanol–water partition coefficient (Wildman–Crippen LogP) is 2.13. The lowest BCUT2D eigenvalue weighted by molar-refractivity contribution is -0.122. The molecule has 0 radical (unpaired) electrons. The molecule has 0 bridgehead atoms.